The van der Waals surface area contributed by atoms with Crippen molar-refractivity contribution in [1.82, 2.24) is 19.4 Å². The third-order valence-electron chi connectivity index (χ3n) is 5.88. The molecule has 8 nitrogen and oxygen atoms in total. The van der Waals surface area contributed by atoms with Crippen LogP contribution in [-0.2, 0) is 17.8 Å². The number of carbonyl (C=O) groups is 1. The molecular weight excluding hydrogens is 380 g/mol. The molecule has 9 heteroatoms. The van der Waals surface area contributed by atoms with E-state index in [-0.39, 0.29) is 23.3 Å². The number of amides is 2. The van der Waals surface area contributed by atoms with Gasteiger partial charge in [-0.3, -0.25) is 13.9 Å². The van der Waals surface area contributed by atoms with Crippen LogP contribution in [0.1, 0.15) is 36.2 Å². The van der Waals surface area contributed by atoms with E-state index in [2.05, 4.69) is 12.2 Å². The number of nitrogens with zero attached hydrogens (tertiary/aromatic N) is 3. The summed E-state index contributed by atoms with van der Waals surface area (Å²) in [5, 5.41) is 3.41. The molecule has 2 aliphatic rings. The van der Waals surface area contributed by atoms with Gasteiger partial charge in [0.25, 0.3) is 5.56 Å². The average molecular weight is 407 g/mol. The second-order valence-corrected chi connectivity index (χ2v) is 8.64. The average Bonchev–Trinajstić information content (AvgIpc) is 3.22. The molecule has 1 saturated heterocycles. The number of rotatable bonds is 7. The predicted molar refractivity (Wildman–Crippen MR) is 108 cm³/mol. The highest BCUT2D eigenvalue weighted by molar-refractivity contribution is 7.18. The SMILES string of the molecule is CCC1CC1n1c(=O)c2c(C)c(CN3CCNC3=O)sc2n(CCOC)c1=O. The van der Waals surface area contributed by atoms with Crippen LogP contribution in [0.3, 0.4) is 0 Å². The van der Waals surface area contributed by atoms with Crippen LogP contribution in [0, 0.1) is 12.8 Å². The first kappa shape index (κ1) is 19.2. The number of aryl methyl sites for hydroxylation is 1. The molecule has 3 heterocycles. The number of aromatic nitrogens is 2. The predicted octanol–water partition coefficient (Wildman–Crippen LogP) is 1.68. The van der Waals surface area contributed by atoms with E-state index in [9.17, 15) is 14.4 Å². The summed E-state index contributed by atoms with van der Waals surface area (Å²) in [5.74, 6) is 0.394. The lowest BCUT2D eigenvalue weighted by molar-refractivity contribution is 0.186. The largest absolute Gasteiger partial charge is 0.383 e. The van der Waals surface area contributed by atoms with Crippen molar-refractivity contribution >= 4 is 27.6 Å². The Morgan fingerprint density at radius 2 is 2.07 bits per heavy atom. The van der Waals surface area contributed by atoms with Crippen molar-refractivity contribution in [2.75, 3.05) is 26.8 Å². The molecule has 2 unspecified atom stereocenters. The summed E-state index contributed by atoms with van der Waals surface area (Å²) in [6.45, 7) is 6.54. The lowest BCUT2D eigenvalue weighted by Crippen LogP contribution is -2.40. The van der Waals surface area contributed by atoms with Gasteiger partial charge >= 0.3 is 11.7 Å². The Hall–Kier alpha value is -2.13. The van der Waals surface area contributed by atoms with E-state index in [1.807, 2.05) is 6.92 Å². The molecule has 28 heavy (non-hydrogen) atoms. The first-order chi connectivity index (χ1) is 13.5. The molecule has 152 valence electrons. The highest BCUT2D eigenvalue weighted by atomic mass is 32.1. The Morgan fingerprint density at radius 3 is 2.68 bits per heavy atom. The van der Waals surface area contributed by atoms with Gasteiger partial charge in [-0.1, -0.05) is 13.3 Å². The maximum atomic E-state index is 13.3. The first-order valence-corrected chi connectivity index (χ1v) is 10.6. The molecule has 2 aromatic heterocycles. The van der Waals surface area contributed by atoms with Crippen molar-refractivity contribution in [3.05, 3.63) is 31.3 Å². The van der Waals surface area contributed by atoms with Gasteiger partial charge in [-0.15, -0.1) is 11.3 Å². The summed E-state index contributed by atoms with van der Waals surface area (Å²) in [7, 11) is 1.60. The fourth-order valence-electron chi connectivity index (χ4n) is 4.06. The number of hydrogen-bond acceptors (Lipinski definition) is 5. The zero-order valence-electron chi connectivity index (χ0n) is 16.5. The Kier molecular flexibility index (Phi) is 5.05. The molecule has 0 spiro atoms. The smallest absolute Gasteiger partial charge is 0.332 e. The van der Waals surface area contributed by atoms with Crippen LogP contribution in [0.5, 0.6) is 0 Å². The number of hydrogen-bond donors (Lipinski definition) is 1. The van der Waals surface area contributed by atoms with E-state index >= 15 is 0 Å². The molecule has 2 amide bonds. The summed E-state index contributed by atoms with van der Waals surface area (Å²) in [4.78, 5) is 41.8. The minimum Gasteiger partial charge on any atom is -0.383 e. The van der Waals surface area contributed by atoms with Gasteiger partial charge in [0.1, 0.15) is 4.83 Å². The van der Waals surface area contributed by atoms with E-state index in [1.54, 1.807) is 16.6 Å². The summed E-state index contributed by atoms with van der Waals surface area (Å²) in [6, 6.07) is -0.0925. The molecule has 1 saturated carbocycles. The summed E-state index contributed by atoms with van der Waals surface area (Å²) in [5.41, 5.74) is 0.432. The van der Waals surface area contributed by atoms with Crippen LogP contribution in [0.4, 0.5) is 4.79 Å². The lowest BCUT2D eigenvalue weighted by Gasteiger charge is -2.12. The normalized spacial score (nSPS) is 21.5. The highest BCUT2D eigenvalue weighted by Gasteiger charge is 2.40. The summed E-state index contributed by atoms with van der Waals surface area (Å²) < 4.78 is 8.33. The van der Waals surface area contributed by atoms with Crippen molar-refractivity contribution in [3.63, 3.8) is 0 Å². The maximum Gasteiger partial charge on any atom is 0.332 e. The van der Waals surface area contributed by atoms with Crippen molar-refractivity contribution in [1.29, 1.82) is 0 Å². The van der Waals surface area contributed by atoms with Crippen LogP contribution >= 0.6 is 11.3 Å². The maximum absolute atomic E-state index is 13.3. The van der Waals surface area contributed by atoms with E-state index in [4.69, 9.17) is 4.74 Å². The molecule has 1 aliphatic heterocycles. The third kappa shape index (κ3) is 3.06. The number of methoxy groups -OCH3 is 1. The molecule has 0 bridgehead atoms. The van der Waals surface area contributed by atoms with Crippen molar-refractivity contribution < 1.29 is 9.53 Å². The number of thiophene rings is 1. The fourth-order valence-corrected chi connectivity index (χ4v) is 5.39. The zero-order chi connectivity index (χ0) is 20.0. The van der Waals surface area contributed by atoms with Crippen LogP contribution in [0.2, 0.25) is 0 Å². The van der Waals surface area contributed by atoms with Gasteiger partial charge in [0, 0.05) is 31.1 Å². The van der Waals surface area contributed by atoms with Crippen molar-refractivity contribution in [2.24, 2.45) is 5.92 Å². The minimum atomic E-state index is -0.248. The Morgan fingerprint density at radius 1 is 1.29 bits per heavy atom. The van der Waals surface area contributed by atoms with E-state index < -0.39 is 0 Å². The van der Waals surface area contributed by atoms with Gasteiger partial charge in [-0.2, -0.15) is 0 Å². The quantitative estimate of drug-likeness (QED) is 0.758. The molecular formula is C19H26N4O4S. The Labute approximate surface area is 166 Å². The topological polar surface area (TPSA) is 85.6 Å². The second-order valence-electron chi connectivity index (χ2n) is 7.56. The summed E-state index contributed by atoms with van der Waals surface area (Å²) >= 11 is 1.44. The van der Waals surface area contributed by atoms with Gasteiger partial charge in [0.2, 0.25) is 0 Å². The Balaban J connectivity index is 1.86. The van der Waals surface area contributed by atoms with Crippen molar-refractivity contribution in [3.8, 4) is 0 Å². The van der Waals surface area contributed by atoms with Crippen LogP contribution < -0.4 is 16.6 Å². The molecule has 2 fully saturated rings. The molecule has 0 aromatic carbocycles. The van der Waals surface area contributed by atoms with Gasteiger partial charge in [0.15, 0.2) is 0 Å². The molecule has 2 atom stereocenters. The van der Waals surface area contributed by atoms with E-state index in [1.165, 1.54) is 15.9 Å². The first-order valence-electron chi connectivity index (χ1n) is 9.76. The van der Waals surface area contributed by atoms with E-state index in [0.717, 1.165) is 23.3 Å². The molecule has 1 aliphatic carbocycles. The van der Waals surface area contributed by atoms with Gasteiger partial charge in [-0.05, 0) is 24.8 Å². The zero-order valence-corrected chi connectivity index (χ0v) is 17.3. The summed E-state index contributed by atoms with van der Waals surface area (Å²) in [6.07, 6.45) is 1.84. The monoisotopic (exact) mass is 406 g/mol. The number of nitrogens with one attached hydrogen (secondary N) is 1. The standard InChI is InChI=1S/C19H26N4O4S/c1-4-12-9-13(12)23-16(24)15-11(2)14(10-21-6-5-20-18(21)25)28-17(15)22(19(23)26)7-8-27-3/h12-13H,4-10H2,1-3H3,(H,20,25). The van der Waals surface area contributed by atoms with Crippen LogP contribution in [-0.4, -0.2) is 46.9 Å². The lowest BCUT2D eigenvalue weighted by atomic mass is 10.2. The molecule has 4 rings (SSSR count). The Bertz CT molecular complexity index is 1040. The van der Waals surface area contributed by atoms with Crippen LogP contribution in [0.15, 0.2) is 9.59 Å². The highest BCUT2D eigenvalue weighted by Crippen LogP contribution is 2.44. The molecule has 1 N–H and O–H groups in total. The number of fused-ring (bicyclic) bond motifs is 1. The number of ether oxygens (including phenoxy) is 1. The number of carbonyl (C=O) groups excluding carboxylic acids is 1. The van der Waals surface area contributed by atoms with Gasteiger partial charge < -0.3 is 15.0 Å². The third-order valence-corrected chi connectivity index (χ3v) is 7.18. The van der Waals surface area contributed by atoms with Gasteiger partial charge in [-0.25, -0.2) is 9.59 Å². The van der Waals surface area contributed by atoms with E-state index in [0.29, 0.717) is 48.9 Å². The minimum absolute atomic E-state index is 0.00435. The molecule has 2 aromatic rings. The fraction of sp³-hybridized carbons (Fsp3) is 0.632. The van der Waals surface area contributed by atoms with Crippen LogP contribution in [0.25, 0.3) is 10.2 Å². The second kappa shape index (κ2) is 7.36. The van der Waals surface area contributed by atoms with Crippen molar-refractivity contribution in [2.45, 2.75) is 45.8 Å². The number of urea groups is 1. The molecule has 0 radical (unpaired) electrons. The van der Waals surface area contributed by atoms with Gasteiger partial charge in [0.05, 0.1) is 25.1 Å².